The molecule has 1 aliphatic heterocycles. The number of nitrogens with one attached hydrogen (secondary N) is 5. The normalized spacial score (nSPS) is 15.3. The predicted octanol–water partition coefficient (Wildman–Crippen LogP) is 5.77. The summed E-state index contributed by atoms with van der Waals surface area (Å²) in [5.41, 5.74) is 5.26. The number of carbonyl (C=O) groups is 4. The third-order valence-electron chi connectivity index (χ3n) is 10.6. The summed E-state index contributed by atoms with van der Waals surface area (Å²) in [5.74, 6) is -5.30. The molecule has 0 bridgehead atoms. The van der Waals surface area contributed by atoms with Crippen LogP contribution in [0.5, 0.6) is 0 Å². The van der Waals surface area contributed by atoms with Gasteiger partial charge in [-0.2, -0.15) is 0 Å². The lowest BCUT2D eigenvalue weighted by atomic mass is 9.85. The Balaban J connectivity index is 0.887. The van der Waals surface area contributed by atoms with Crippen molar-refractivity contribution in [3.05, 3.63) is 98.0 Å². The summed E-state index contributed by atoms with van der Waals surface area (Å²) in [4.78, 5) is 64.9. The fourth-order valence-corrected chi connectivity index (χ4v) is 8.28. The zero-order valence-corrected chi connectivity index (χ0v) is 41.4. The molecular formula is C47H59F3IN7O9S. The minimum atomic E-state index is -1.33. The van der Waals surface area contributed by atoms with Crippen molar-refractivity contribution in [1.82, 2.24) is 31.3 Å². The third-order valence-corrected chi connectivity index (χ3v) is 12.3. The van der Waals surface area contributed by atoms with E-state index in [2.05, 4.69) is 31.7 Å². The van der Waals surface area contributed by atoms with Crippen LogP contribution in [0.4, 0.5) is 24.5 Å². The van der Waals surface area contributed by atoms with Gasteiger partial charge in [0.15, 0.2) is 11.6 Å². The second kappa shape index (κ2) is 26.9. The molecule has 4 aromatic rings. The zero-order chi connectivity index (χ0) is 49.2. The maximum Gasteiger partial charge on any atom is 0.277 e. The smallest absolute Gasteiger partial charge is 0.277 e. The Morgan fingerprint density at radius 3 is 2.29 bits per heavy atom. The molecule has 0 aliphatic carbocycles. The Morgan fingerprint density at radius 1 is 0.912 bits per heavy atom. The van der Waals surface area contributed by atoms with Crippen molar-refractivity contribution in [1.29, 1.82) is 0 Å². The van der Waals surface area contributed by atoms with Crippen LogP contribution in [-0.2, 0) is 40.0 Å². The number of thiazole rings is 1. The highest BCUT2D eigenvalue weighted by Crippen LogP contribution is 2.30. The summed E-state index contributed by atoms with van der Waals surface area (Å²) in [5, 5.41) is 21.9. The third kappa shape index (κ3) is 16.5. The molecule has 4 amide bonds. The maximum absolute atomic E-state index is 14.6. The van der Waals surface area contributed by atoms with E-state index in [0.717, 1.165) is 33.8 Å². The molecular weight excluding hydrogens is 1020 g/mol. The number of aromatic nitrogens is 1. The van der Waals surface area contributed by atoms with E-state index in [1.165, 1.54) is 17.0 Å². The SMILES string of the molecule is Cc1ncsc1-c1ccc(CNC(=O)[C@@H]2C[C@@H](O)CN2C(=O)[C@@H](NC(=O)CCOCCOCCOCCNCCCONC(=O)c2ccc(F)c(F)c2Nc2ccc(I)cc2F)C(C)(C)C)cc1. The first-order chi connectivity index (χ1) is 32.5. The molecule has 6 N–H and O–H groups in total. The first-order valence-electron chi connectivity index (χ1n) is 22.1. The molecule has 0 saturated carbocycles. The first kappa shape index (κ1) is 54.2. The number of benzene rings is 3. The molecule has 1 fully saturated rings. The van der Waals surface area contributed by atoms with E-state index in [9.17, 15) is 37.5 Å². The van der Waals surface area contributed by atoms with Crippen molar-refractivity contribution < 1.29 is 56.5 Å². The minimum absolute atomic E-state index is 0.00152. The van der Waals surface area contributed by atoms with Gasteiger partial charge in [0.05, 0.1) is 85.4 Å². The van der Waals surface area contributed by atoms with Crippen LogP contribution < -0.4 is 26.7 Å². The van der Waals surface area contributed by atoms with Gasteiger partial charge in [-0.1, -0.05) is 45.0 Å². The van der Waals surface area contributed by atoms with Gasteiger partial charge in [0.2, 0.25) is 17.7 Å². The number of aryl methyl sites for hydroxylation is 1. The summed E-state index contributed by atoms with van der Waals surface area (Å²) in [6, 6.07) is 12.0. The number of hydroxylamine groups is 1. The van der Waals surface area contributed by atoms with Crippen LogP contribution in [0.15, 0.2) is 60.1 Å². The molecule has 1 aliphatic rings. The number of aliphatic hydroxyl groups excluding tert-OH is 1. The number of carbonyl (C=O) groups excluding carboxylic acids is 4. The van der Waals surface area contributed by atoms with E-state index in [0.29, 0.717) is 42.9 Å². The average molecular weight is 1080 g/mol. The van der Waals surface area contributed by atoms with Crippen LogP contribution in [0.3, 0.4) is 0 Å². The second-order valence-corrected chi connectivity index (χ2v) is 19.0. The highest BCUT2D eigenvalue weighted by atomic mass is 127. The van der Waals surface area contributed by atoms with Crippen LogP contribution >= 0.6 is 33.9 Å². The molecule has 1 saturated heterocycles. The van der Waals surface area contributed by atoms with E-state index in [-0.39, 0.29) is 69.5 Å². The highest BCUT2D eigenvalue weighted by molar-refractivity contribution is 14.1. The number of ether oxygens (including phenoxy) is 3. The number of halogens is 4. The van der Waals surface area contributed by atoms with Crippen molar-refractivity contribution in [3.8, 4) is 10.4 Å². The lowest BCUT2D eigenvalue weighted by Gasteiger charge is -2.35. The van der Waals surface area contributed by atoms with Crippen molar-refractivity contribution in [3.63, 3.8) is 0 Å². The largest absolute Gasteiger partial charge is 0.391 e. The number of amides is 4. The molecule has 0 radical (unpaired) electrons. The van der Waals surface area contributed by atoms with Gasteiger partial charge in [-0.25, -0.2) is 23.6 Å². The predicted molar refractivity (Wildman–Crippen MR) is 258 cm³/mol. The zero-order valence-electron chi connectivity index (χ0n) is 38.4. The monoisotopic (exact) mass is 1080 g/mol. The average Bonchev–Trinajstić information content (AvgIpc) is 3.92. The molecule has 3 aromatic carbocycles. The molecule has 1 aromatic heterocycles. The van der Waals surface area contributed by atoms with E-state index in [1.54, 1.807) is 22.9 Å². The van der Waals surface area contributed by atoms with Gasteiger partial charge in [-0.3, -0.25) is 24.0 Å². The van der Waals surface area contributed by atoms with Gasteiger partial charge in [-0.05, 0) is 89.4 Å². The number of anilines is 2. The number of likely N-dealkylation sites (tertiary alicyclic amines) is 1. The van der Waals surface area contributed by atoms with Gasteiger partial charge < -0.3 is 45.5 Å². The summed E-state index contributed by atoms with van der Waals surface area (Å²) >= 11 is 3.47. The number of aliphatic hydroxyl groups is 1. The van der Waals surface area contributed by atoms with Crippen molar-refractivity contribution in [2.75, 3.05) is 71.2 Å². The van der Waals surface area contributed by atoms with Gasteiger partial charge >= 0.3 is 0 Å². The lowest BCUT2D eigenvalue weighted by molar-refractivity contribution is -0.144. The fraction of sp³-hybridized carbons (Fsp3) is 0.468. The Bertz CT molecular complexity index is 2300. The van der Waals surface area contributed by atoms with Crippen molar-refractivity contribution in [2.24, 2.45) is 5.41 Å². The molecule has 2 heterocycles. The van der Waals surface area contributed by atoms with Gasteiger partial charge in [-0.15, -0.1) is 11.3 Å². The van der Waals surface area contributed by atoms with Gasteiger partial charge in [0.1, 0.15) is 17.9 Å². The van der Waals surface area contributed by atoms with E-state index < -0.39 is 64.5 Å². The van der Waals surface area contributed by atoms with Crippen molar-refractivity contribution >= 4 is 68.9 Å². The number of β-amino-alcohol motifs (C(OH)–C–C–N with tert-alkyl or cyclic N) is 1. The summed E-state index contributed by atoms with van der Waals surface area (Å²) < 4.78 is 60.2. The van der Waals surface area contributed by atoms with Gasteiger partial charge in [0, 0.05) is 36.0 Å². The summed E-state index contributed by atoms with van der Waals surface area (Å²) in [7, 11) is 0. The number of rotatable bonds is 26. The number of hydrogen-bond donors (Lipinski definition) is 6. The van der Waals surface area contributed by atoms with Crippen LogP contribution in [0.1, 0.15) is 61.6 Å². The summed E-state index contributed by atoms with van der Waals surface area (Å²) in [6.45, 7) is 10.5. The standard InChI is InChI=1S/C47H59F3IN7O9S/c1-29-42(68-28-54-29)31-8-6-30(7-9-31)26-53-45(62)38-25-33(59)27-58(38)46(63)43(47(2,3)4)56-39(60)14-18-64-20-22-66-23-21-65-19-16-52-15-5-17-67-57-44(61)34-11-12-35(48)40(50)41(34)55-37-13-10-32(51)24-36(37)49/h6-13,24,28,33,38,43,52,55,59H,5,14-23,25-27H2,1-4H3,(H,53,62)(H,56,60)(H,57,61)/t33-,38+,43-/m1/s1. The van der Waals surface area contributed by atoms with Crippen LogP contribution in [0.2, 0.25) is 0 Å². The molecule has 21 heteroatoms. The molecule has 0 unspecified atom stereocenters. The quantitative estimate of drug-likeness (QED) is 0.0252. The van der Waals surface area contributed by atoms with E-state index >= 15 is 0 Å². The van der Waals surface area contributed by atoms with Crippen LogP contribution in [-0.4, -0.2) is 123 Å². The number of nitrogens with zero attached hydrogens (tertiary/aromatic N) is 2. The topological polar surface area (TPSA) is 202 Å². The number of hydrogen-bond acceptors (Lipinski definition) is 13. The fourth-order valence-electron chi connectivity index (χ4n) is 7.02. The Morgan fingerprint density at radius 2 is 1.62 bits per heavy atom. The maximum atomic E-state index is 14.6. The van der Waals surface area contributed by atoms with Crippen molar-refractivity contribution in [2.45, 2.75) is 71.7 Å². The molecule has 16 nitrogen and oxygen atoms in total. The van der Waals surface area contributed by atoms with Crippen LogP contribution in [0, 0.1) is 33.4 Å². The minimum Gasteiger partial charge on any atom is -0.391 e. The second-order valence-electron chi connectivity index (χ2n) is 16.9. The molecule has 5 rings (SSSR count). The highest BCUT2D eigenvalue weighted by Gasteiger charge is 2.44. The Kier molecular flexibility index (Phi) is 21.4. The van der Waals surface area contributed by atoms with E-state index in [1.807, 2.05) is 74.6 Å². The molecule has 0 spiro atoms. The molecule has 370 valence electrons. The molecule has 68 heavy (non-hydrogen) atoms. The molecule has 3 atom stereocenters. The Hall–Kier alpha value is -4.75. The summed E-state index contributed by atoms with van der Waals surface area (Å²) in [6.07, 6.45) is -0.286. The Labute approximate surface area is 411 Å². The van der Waals surface area contributed by atoms with E-state index in [4.69, 9.17) is 19.0 Å². The van der Waals surface area contributed by atoms with Gasteiger partial charge in [0.25, 0.3) is 5.91 Å². The first-order valence-corrected chi connectivity index (χ1v) is 24.1. The lowest BCUT2D eigenvalue weighted by Crippen LogP contribution is -2.57. The van der Waals surface area contributed by atoms with Crippen LogP contribution in [0.25, 0.3) is 10.4 Å².